The molecule has 0 amide bonds. The molecule has 0 saturated heterocycles. The van der Waals surface area contributed by atoms with Crippen LogP contribution in [0.3, 0.4) is 0 Å². The number of hydrogen-bond donors (Lipinski definition) is 1. The Morgan fingerprint density at radius 1 is 0.829 bits per heavy atom. The maximum atomic E-state index is 11.1. The van der Waals surface area contributed by atoms with Crippen molar-refractivity contribution >= 4 is 8.32 Å². The summed E-state index contributed by atoms with van der Waals surface area (Å²) in [6, 6.07) is 18.0. The summed E-state index contributed by atoms with van der Waals surface area (Å²) in [6.07, 6.45) is 0.613. The highest BCUT2D eigenvalue weighted by Gasteiger charge is 2.46. The fraction of sp³-hybridized carbons (Fsp3) is 0.588. The van der Waals surface area contributed by atoms with Crippen LogP contribution in [0.1, 0.15) is 66.0 Å². The van der Waals surface area contributed by atoms with Crippen LogP contribution in [0.5, 0.6) is 5.75 Å². The van der Waals surface area contributed by atoms with E-state index in [-0.39, 0.29) is 18.8 Å². The molecule has 1 aliphatic heterocycles. The van der Waals surface area contributed by atoms with Crippen molar-refractivity contribution in [3.8, 4) is 5.75 Å². The molecule has 6 nitrogen and oxygen atoms in total. The number of methoxy groups -OCH3 is 1. The lowest BCUT2D eigenvalue weighted by molar-refractivity contribution is -0.159. The highest BCUT2D eigenvalue weighted by atomic mass is 28.4. The van der Waals surface area contributed by atoms with E-state index in [1.807, 2.05) is 67.6 Å². The molecular weight excluding hydrogens is 532 g/mol. The Morgan fingerprint density at radius 3 is 2.02 bits per heavy atom. The molecular formula is C34H52O6Si. The number of ether oxygens (including phenoxy) is 4. The molecule has 1 aliphatic rings. The first-order valence-electron chi connectivity index (χ1n) is 15.1. The van der Waals surface area contributed by atoms with Gasteiger partial charge < -0.3 is 28.5 Å². The second-order valence-corrected chi connectivity index (χ2v) is 17.7. The van der Waals surface area contributed by atoms with Crippen molar-refractivity contribution in [1.82, 2.24) is 0 Å². The average Bonchev–Trinajstić information content (AvgIpc) is 2.93. The van der Waals surface area contributed by atoms with Gasteiger partial charge in [0.05, 0.1) is 39.6 Å². The predicted molar refractivity (Wildman–Crippen MR) is 168 cm³/mol. The van der Waals surface area contributed by atoms with Gasteiger partial charge in [-0.05, 0) is 53.2 Å². The molecule has 0 fully saturated rings. The van der Waals surface area contributed by atoms with Crippen molar-refractivity contribution in [1.29, 1.82) is 0 Å². The van der Waals surface area contributed by atoms with Crippen LogP contribution in [0.25, 0.3) is 0 Å². The number of hydrogen-bond acceptors (Lipinski definition) is 6. The van der Waals surface area contributed by atoms with Gasteiger partial charge in [-0.25, -0.2) is 0 Å². The molecule has 0 aromatic heterocycles. The molecule has 41 heavy (non-hydrogen) atoms. The monoisotopic (exact) mass is 584 g/mol. The summed E-state index contributed by atoms with van der Waals surface area (Å²) >= 11 is 0. The molecule has 3 rings (SSSR count). The summed E-state index contributed by atoms with van der Waals surface area (Å²) in [5.74, 6) is 0.817. The summed E-state index contributed by atoms with van der Waals surface area (Å²) in [5, 5.41) is 11.1. The van der Waals surface area contributed by atoms with Crippen LogP contribution in [0.2, 0.25) is 16.6 Å². The number of benzene rings is 2. The first kappa shape index (κ1) is 33.5. The lowest BCUT2D eigenvalue weighted by Gasteiger charge is -2.44. The van der Waals surface area contributed by atoms with Gasteiger partial charge in [0.25, 0.3) is 0 Å². The molecule has 7 heteroatoms. The van der Waals surface area contributed by atoms with Crippen molar-refractivity contribution in [2.45, 2.75) is 109 Å². The van der Waals surface area contributed by atoms with E-state index in [4.69, 9.17) is 23.4 Å². The van der Waals surface area contributed by atoms with Crippen molar-refractivity contribution in [3.63, 3.8) is 0 Å². The van der Waals surface area contributed by atoms with Crippen LogP contribution >= 0.6 is 0 Å². The smallest absolute Gasteiger partial charge is 0.200 e. The summed E-state index contributed by atoms with van der Waals surface area (Å²) in [7, 11) is -0.484. The fourth-order valence-corrected chi connectivity index (χ4v) is 11.7. The van der Waals surface area contributed by atoms with Crippen LogP contribution in [0.4, 0.5) is 0 Å². The second kappa shape index (κ2) is 16.0. The zero-order valence-corrected chi connectivity index (χ0v) is 27.3. The van der Waals surface area contributed by atoms with Crippen LogP contribution < -0.4 is 4.74 Å². The van der Waals surface area contributed by atoms with Crippen molar-refractivity contribution in [2.24, 2.45) is 0 Å². The zero-order valence-electron chi connectivity index (χ0n) is 26.3. The SMILES string of the molecule is COc1ccc(CO[C@H]2C/C(C)=C\[C@@H](O)[C@H](COCc3ccccc3)O[C@@H]2CO[Si](C(C)C)(C(C)C)C(C)C)cc1. The Labute approximate surface area is 249 Å². The number of rotatable bonds is 14. The lowest BCUT2D eigenvalue weighted by atomic mass is 9.99. The van der Waals surface area contributed by atoms with E-state index in [0.29, 0.717) is 42.9 Å². The van der Waals surface area contributed by atoms with Gasteiger partial charge in [-0.3, -0.25) is 0 Å². The molecule has 1 heterocycles. The van der Waals surface area contributed by atoms with Crippen LogP contribution in [0.15, 0.2) is 66.2 Å². The van der Waals surface area contributed by atoms with Crippen molar-refractivity contribution < 1.29 is 28.5 Å². The van der Waals surface area contributed by atoms with Gasteiger partial charge in [0.15, 0.2) is 8.32 Å². The predicted octanol–water partition coefficient (Wildman–Crippen LogP) is 7.45. The van der Waals surface area contributed by atoms with Gasteiger partial charge in [0.1, 0.15) is 24.1 Å². The zero-order chi connectivity index (χ0) is 30.0. The molecule has 0 bridgehead atoms. The molecule has 2 aromatic rings. The van der Waals surface area contributed by atoms with E-state index in [9.17, 15) is 5.11 Å². The summed E-state index contributed by atoms with van der Waals surface area (Å²) < 4.78 is 31.7. The van der Waals surface area contributed by atoms with E-state index < -0.39 is 20.5 Å². The quantitative estimate of drug-likeness (QED) is 0.184. The third-order valence-electron chi connectivity index (χ3n) is 8.35. The lowest BCUT2D eigenvalue weighted by Crippen LogP contribution is -2.52. The van der Waals surface area contributed by atoms with Crippen LogP contribution in [0, 0.1) is 0 Å². The fourth-order valence-electron chi connectivity index (χ4n) is 6.28. The minimum Gasteiger partial charge on any atom is -0.497 e. The summed E-state index contributed by atoms with van der Waals surface area (Å²) in [5.41, 5.74) is 4.57. The Kier molecular flexibility index (Phi) is 13.1. The Morgan fingerprint density at radius 2 is 1.44 bits per heavy atom. The topological polar surface area (TPSA) is 66.4 Å². The minimum atomic E-state index is -2.15. The van der Waals surface area contributed by atoms with Gasteiger partial charge in [-0.1, -0.05) is 95.7 Å². The first-order chi connectivity index (χ1) is 19.6. The second-order valence-electron chi connectivity index (χ2n) is 12.2. The summed E-state index contributed by atoms with van der Waals surface area (Å²) in [6.45, 7) is 17.4. The third kappa shape index (κ3) is 9.24. The third-order valence-corrected chi connectivity index (χ3v) is 14.4. The number of aliphatic hydroxyl groups is 1. The van der Waals surface area contributed by atoms with Gasteiger partial charge in [-0.2, -0.15) is 0 Å². The molecule has 0 radical (unpaired) electrons. The maximum absolute atomic E-state index is 11.1. The Hall–Kier alpha value is -2.00. The molecule has 228 valence electrons. The highest BCUT2D eigenvalue weighted by molar-refractivity contribution is 6.77. The summed E-state index contributed by atoms with van der Waals surface area (Å²) in [4.78, 5) is 0. The molecule has 0 spiro atoms. The minimum absolute atomic E-state index is 0.240. The Bertz CT molecular complexity index is 1030. The molecule has 1 N–H and O–H groups in total. The van der Waals surface area contributed by atoms with E-state index in [2.05, 4.69) is 41.5 Å². The highest BCUT2D eigenvalue weighted by Crippen LogP contribution is 2.42. The van der Waals surface area contributed by atoms with Crippen LogP contribution in [-0.4, -0.2) is 58.2 Å². The maximum Gasteiger partial charge on any atom is 0.200 e. The van der Waals surface area contributed by atoms with E-state index >= 15 is 0 Å². The Balaban J connectivity index is 1.84. The van der Waals surface area contributed by atoms with E-state index in [0.717, 1.165) is 22.4 Å². The standard InChI is InChI=1S/C34H52O6Si/c1-24(2)41(25(3)4,26(5)6)39-23-34-32(38-21-29-14-16-30(36-8)17-15-29)19-27(7)18-31(35)33(40-34)22-37-20-28-12-10-9-11-13-28/h9-18,24-26,31-35H,19-23H2,1-8H3/b27-18-/t31-,32+,33+,34-/m1/s1. The van der Waals surface area contributed by atoms with Crippen LogP contribution in [-0.2, 0) is 31.9 Å². The van der Waals surface area contributed by atoms with E-state index in [1.165, 1.54) is 0 Å². The molecule has 0 saturated carbocycles. The molecule has 4 atom stereocenters. The first-order valence-corrected chi connectivity index (χ1v) is 17.2. The average molecular weight is 585 g/mol. The van der Waals surface area contributed by atoms with E-state index in [1.54, 1.807) is 7.11 Å². The van der Waals surface area contributed by atoms with Gasteiger partial charge in [0.2, 0.25) is 0 Å². The normalized spacial score (nSPS) is 23.4. The molecule has 0 aliphatic carbocycles. The van der Waals surface area contributed by atoms with Gasteiger partial charge in [0, 0.05) is 0 Å². The van der Waals surface area contributed by atoms with Crippen molar-refractivity contribution in [3.05, 3.63) is 77.4 Å². The van der Waals surface area contributed by atoms with Gasteiger partial charge >= 0.3 is 0 Å². The largest absolute Gasteiger partial charge is 0.497 e. The molecule has 2 aromatic carbocycles. The number of aliphatic hydroxyl groups excluding tert-OH is 1. The van der Waals surface area contributed by atoms with Gasteiger partial charge in [-0.15, -0.1) is 0 Å². The molecule has 0 unspecified atom stereocenters. The van der Waals surface area contributed by atoms with Crippen molar-refractivity contribution in [2.75, 3.05) is 20.3 Å².